The van der Waals surface area contributed by atoms with Gasteiger partial charge in [0.2, 0.25) is 5.88 Å². The molecule has 90 valence electrons. The van der Waals surface area contributed by atoms with Crippen LogP contribution in [0.15, 0.2) is 29.2 Å². The first-order chi connectivity index (χ1) is 8.15. The van der Waals surface area contributed by atoms with Crippen molar-refractivity contribution in [1.82, 2.24) is 9.55 Å². The van der Waals surface area contributed by atoms with Crippen LogP contribution in [0.2, 0.25) is 0 Å². The summed E-state index contributed by atoms with van der Waals surface area (Å²) in [4.78, 5) is 13.7. The fourth-order valence-electron chi connectivity index (χ4n) is 1.55. The van der Waals surface area contributed by atoms with Crippen LogP contribution in [0, 0.1) is 0 Å². The van der Waals surface area contributed by atoms with Crippen molar-refractivity contribution in [2.24, 2.45) is 0 Å². The molecule has 0 amide bonds. The van der Waals surface area contributed by atoms with E-state index in [0.29, 0.717) is 17.2 Å². The van der Waals surface area contributed by atoms with Crippen LogP contribution in [0.3, 0.4) is 0 Å². The van der Waals surface area contributed by atoms with Gasteiger partial charge < -0.3 is 14.6 Å². The number of aromatic amines is 1. The maximum absolute atomic E-state index is 11.5. The van der Waals surface area contributed by atoms with Crippen molar-refractivity contribution in [3.05, 3.63) is 34.9 Å². The smallest absolute Gasteiger partial charge is 0.332 e. The van der Waals surface area contributed by atoms with Crippen LogP contribution in [0.25, 0.3) is 5.69 Å². The Balaban J connectivity index is 2.54. The molecule has 1 aromatic carbocycles. The van der Waals surface area contributed by atoms with Gasteiger partial charge >= 0.3 is 5.69 Å². The molecular formula is C11H12N2O4. The zero-order chi connectivity index (χ0) is 12.4. The normalized spacial score (nSPS) is 10.2. The summed E-state index contributed by atoms with van der Waals surface area (Å²) >= 11 is 0. The number of aromatic nitrogens is 2. The van der Waals surface area contributed by atoms with Gasteiger partial charge in [-0.05, 0) is 12.1 Å². The molecule has 6 nitrogen and oxygen atoms in total. The van der Waals surface area contributed by atoms with Gasteiger partial charge in [0, 0.05) is 6.07 Å². The van der Waals surface area contributed by atoms with Gasteiger partial charge in [-0.1, -0.05) is 0 Å². The summed E-state index contributed by atoms with van der Waals surface area (Å²) in [7, 11) is 3.05. The number of nitrogens with one attached hydrogen (secondary N) is 1. The van der Waals surface area contributed by atoms with Crippen molar-refractivity contribution >= 4 is 0 Å². The summed E-state index contributed by atoms with van der Waals surface area (Å²) in [5.41, 5.74) is 0.152. The Morgan fingerprint density at radius 1 is 1.24 bits per heavy atom. The zero-order valence-electron chi connectivity index (χ0n) is 9.43. The maximum Gasteiger partial charge on any atom is 0.332 e. The lowest BCUT2D eigenvalue weighted by Gasteiger charge is -2.09. The highest BCUT2D eigenvalue weighted by Gasteiger charge is 2.08. The van der Waals surface area contributed by atoms with Gasteiger partial charge in [0.15, 0.2) is 11.5 Å². The second kappa shape index (κ2) is 4.25. The first kappa shape index (κ1) is 11.1. The summed E-state index contributed by atoms with van der Waals surface area (Å²) in [6.07, 6.45) is 1.30. The standard InChI is InChI=1S/C11H12N2O4/c1-16-8-4-3-7(5-9(8)17-2)13-6-10(14)12-11(13)15/h3-6,14H,1-2H3,(H,12,15). The van der Waals surface area contributed by atoms with Crippen molar-refractivity contribution in [3.63, 3.8) is 0 Å². The summed E-state index contributed by atoms with van der Waals surface area (Å²) in [6, 6.07) is 5.02. The molecule has 17 heavy (non-hydrogen) atoms. The fraction of sp³-hybridized carbons (Fsp3) is 0.182. The number of methoxy groups -OCH3 is 2. The molecule has 0 atom stereocenters. The first-order valence-corrected chi connectivity index (χ1v) is 4.88. The van der Waals surface area contributed by atoms with Crippen LogP contribution in [0.4, 0.5) is 0 Å². The van der Waals surface area contributed by atoms with E-state index in [9.17, 15) is 9.90 Å². The third-order valence-electron chi connectivity index (χ3n) is 2.35. The SMILES string of the molecule is COc1ccc(-n2cc(O)[nH]c2=O)cc1OC. The van der Waals surface area contributed by atoms with Crippen molar-refractivity contribution in [2.75, 3.05) is 14.2 Å². The molecule has 0 saturated carbocycles. The highest BCUT2D eigenvalue weighted by atomic mass is 16.5. The number of nitrogens with zero attached hydrogens (tertiary/aromatic N) is 1. The number of hydrogen-bond donors (Lipinski definition) is 2. The number of benzene rings is 1. The summed E-state index contributed by atoms with van der Waals surface area (Å²) < 4.78 is 11.5. The number of H-pyrrole nitrogens is 1. The number of aromatic hydroxyl groups is 1. The van der Waals surface area contributed by atoms with E-state index in [1.807, 2.05) is 0 Å². The van der Waals surface area contributed by atoms with Crippen molar-refractivity contribution in [1.29, 1.82) is 0 Å². The molecular weight excluding hydrogens is 224 g/mol. The number of hydrogen-bond acceptors (Lipinski definition) is 4. The Bertz CT molecular complexity index is 585. The number of imidazole rings is 1. The molecule has 0 aliphatic carbocycles. The quantitative estimate of drug-likeness (QED) is 0.829. The molecule has 2 aromatic rings. The minimum absolute atomic E-state index is 0.190. The molecule has 0 saturated heterocycles. The van der Waals surface area contributed by atoms with E-state index in [-0.39, 0.29) is 5.88 Å². The molecule has 1 aromatic heterocycles. The lowest BCUT2D eigenvalue weighted by molar-refractivity contribution is 0.355. The van der Waals surface area contributed by atoms with E-state index in [2.05, 4.69) is 4.98 Å². The third kappa shape index (κ3) is 1.96. The van der Waals surface area contributed by atoms with Gasteiger partial charge in [-0.15, -0.1) is 0 Å². The van der Waals surface area contributed by atoms with E-state index in [1.54, 1.807) is 18.2 Å². The van der Waals surface area contributed by atoms with Gasteiger partial charge in [0.1, 0.15) is 0 Å². The van der Waals surface area contributed by atoms with E-state index in [4.69, 9.17) is 9.47 Å². The number of ether oxygens (including phenoxy) is 2. The largest absolute Gasteiger partial charge is 0.493 e. The molecule has 0 radical (unpaired) electrons. The van der Waals surface area contributed by atoms with Crippen LogP contribution >= 0.6 is 0 Å². The van der Waals surface area contributed by atoms with Crippen LogP contribution in [0.1, 0.15) is 0 Å². The van der Waals surface area contributed by atoms with Crippen LogP contribution < -0.4 is 15.2 Å². The maximum atomic E-state index is 11.5. The topological polar surface area (TPSA) is 76.5 Å². The van der Waals surface area contributed by atoms with Crippen LogP contribution in [-0.4, -0.2) is 28.9 Å². The van der Waals surface area contributed by atoms with Crippen molar-refractivity contribution in [2.45, 2.75) is 0 Å². The molecule has 0 spiro atoms. The molecule has 0 bridgehead atoms. The van der Waals surface area contributed by atoms with Gasteiger partial charge in [0.25, 0.3) is 0 Å². The van der Waals surface area contributed by atoms with Gasteiger partial charge in [-0.25, -0.2) is 4.79 Å². The lowest BCUT2D eigenvalue weighted by atomic mass is 10.2. The van der Waals surface area contributed by atoms with Gasteiger partial charge in [0.05, 0.1) is 26.1 Å². The minimum Gasteiger partial charge on any atom is -0.493 e. The van der Waals surface area contributed by atoms with Crippen molar-refractivity contribution < 1.29 is 14.6 Å². The van der Waals surface area contributed by atoms with Gasteiger partial charge in [-0.2, -0.15) is 0 Å². The Labute approximate surface area is 97.0 Å². The Hall–Kier alpha value is -2.37. The van der Waals surface area contributed by atoms with Crippen molar-refractivity contribution in [3.8, 4) is 23.1 Å². The second-order valence-corrected chi connectivity index (χ2v) is 3.35. The molecule has 0 fully saturated rings. The van der Waals surface area contributed by atoms with E-state index in [1.165, 1.54) is 25.0 Å². The van der Waals surface area contributed by atoms with Crippen LogP contribution in [-0.2, 0) is 0 Å². The highest BCUT2D eigenvalue weighted by Crippen LogP contribution is 2.28. The molecule has 6 heteroatoms. The van der Waals surface area contributed by atoms with E-state index < -0.39 is 5.69 Å². The fourth-order valence-corrected chi connectivity index (χ4v) is 1.55. The molecule has 0 unspecified atom stereocenters. The van der Waals surface area contributed by atoms with Crippen LogP contribution in [0.5, 0.6) is 17.4 Å². The molecule has 2 N–H and O–H groups in total. The monoisotopic (exact) mass is 236 g/mol. The average molecular weight is 236 g/mol. The molecule has 0 aliphatic rings. The summed E-state index contributed by atoms with van der Waals surface area (Å²) in [5, 5.41) is 9.19. The molecule has 2 rings (SSSR count). The van der Waals surface area contributed by atoms with E-state index in [0.717, 1.165) is 0 Å². The third-order valence-corrected chi connectivity index (χ3v) is 2.35. The Kier molecular flexibility index (Phi) is 2.78. The summed E-state index contributed by atoms with van der Waals surface area (Å²) in [5.74, 6) is 0.895. The van der Waals surface area contributed by atoms with E-state index >= 15 is 0 Å². The van der Waals surface area contributed by atoms with Gasteiger partial charge in [-0.3, -0.25) is 9.55 Å². The molecule has 0 aliphatic heterocycles. The summed E-state index contributed by atoms with van der Waals surface area (Å²) in [6.45, 7) is 0. The zero-order valence-corrected chi connectivity index (χ0v) is 9.43. The predicted octanol–water partition coefficient (Wildman–Crippen LogP) is 0.888. The first-order valence-electron chi connectivity index (χ1n) is 4.88. The molecule has 1 heterocycles. The average Bonchev–Trinajstić information content (AvgIpc) is 2.67. The predicted molar refractivity (Wildman–Crippen MR) is 61.2 cm³/mol. The highest BCUT2D eigenvalue weighted by molar-refractivity contribution is 5.49. The Morgan fingerprint density at radius 2 is 1.94 bits per heavy atom. The Morgan fingerprint density at radius 3 is 2.47 bits per heavy atom. The number of rotatable bonds is 3. The minimum atomic E-state index is -0.422. The lowest BCUT2D eigenvalue weighted by Crippen LogP contribution is -2.13. The second-order valence-electron chi connectivity index (χ2n) is 3.35.